The van der Waals surface area contributed by atoms with Crippen LogP contribution in [-0.2, 0) is 4.79 Å². The first-order valence-corrected chi connectivity index (χ1v) is 6.64. The van der Waals surface area contributed by atoms with Crippen LogP contribution in [0.15, 0.2) is 43.0 Å². The fraction of sp³-hybridized carbons (Fsp3) is 0.188. The first kappa shape index (κ1) is 12.2. The third kappa shape index (κ3) is 2.24. The summed E-state index contributed by atoms with van der Waals surface area (Å²) in [6.07, 6.45) is 3.54. The highest BCUT2D eigenvalue weighted by molar-refractivity contribution is 6.33. The second kappa shape index (κ2) is 4.71. The first-order valence-electron chi connectivity index (χ1n) is 6.26. The molecule has 0 atom stereocenters. The van der Waals surface area contributed by atoms with Gasteiger partial charge in [-0.15, -0.1) is 0 Å². The van der Waals surface area contributed by atoms with Crippen molar-refractivity contribution >= 4 is 28.3 Å². The molecular weight excluding hydrogens is 260 g/mol. The molecule has 0 aliphatic heterocycles. The van der Waals surface area contributed by atoms with Gasteiger partial charge in [-0.3, -0.25) is 0 Å². The minimum atomic E-state index is -0.494. The van der Waals surface area contributed by atoms with E-state index in [2.05, 4.69) is 6.58 Å². The van der Waals surface area contributed by atoms with Crippen molar-refractivity contribution in [3.63, 3.8) is 0 Å². The Balaban J connectivity index is 2.21. The van der Waals surface area contributed by atoms with Crippen LogP contribution in [0.5, 0.6) is 5.75 Å². The summed E-state index contributed by atoms with van der Waals surface area (Å²) in [6.45, 7) is 3.40. The molecule has 0 amide bonds. The van der Waals surface area contributed by atoms with Crippen LogP contribution >= 0.6 is 11.6 Å². The monoisotopic (exact) mass is 272 g/mol. The second-order valence-corrected chi connectivity index (χ2v) is 5.13. The lowest BCUT2D eigenvalue weighted by Gasteiger charge is -2.12. The second-order valence-electron chi connectivity index (χ2n) is 4.72. The molecule has 1 saturated carbocycles. The predicted octanol–water partition coefficient (Wildman–Crippen LogP) is 4.46. The van der Waals surface area contributed by atoms with Gasteiger partial charge in [-0.05, 0) is 35.8 Å². The maximum Gasteiger partial charge on any atom is 0.335 e. The van der Waals surface area contributed by atoms with E-state index in [4.69, 9.17) is 16.3 Å². The summed E-state index contributed by atoms with van der Waals surface area (Å²) in [7, 11) is 0. The normalized spacial score (nSPS) is 14.4. The van der Waals surface area contributed by atoms with Crippen molar-refractivity contribution in [2.75, 3.05) is 0 Å². The number of halogens is 1. The highest BCUT2D eigenvalue weighted by Crippen LogP contribution is 2.47. The molecule has 0 spiro atoms. The Morgan fingerprint density at radius 3 is 2.63 bits per heavy atom. The molecule has 2 aromatic carbocycles. The SMILES string of the molecule is C=CC(=O)Oc1c(Cl)cc(C2CC2)c2ccccc12. The summed E-state index contributed by atoms with van der Waals surface area (Å²) in [5, 5.41) is 2.48. The maximum absolute atomic E-state index is 11.4. The van der Waals surface area contributed by atoms with Gasteiger partial charge in [0.05, 0.1) is 5.02 Å². The highest BCUT2D eigenvalue weighted by atomic mass is 35.5. The van der Waals surface area contributed by atoms with E-state index in [0.717, 1.165) is 16.8 Å². The van der Waals surface area contributed by atoms with Crippen molar-refractivity contribution in [3.05, 3.63) is 53.6 Å². The fourth-order valence-corrected chi connectivity index (χ4v) is 2.58. The van der Waals surface area contributed by atoms with Gasteiger partial charge in [-0.1, -0.05) is 42.4 Å². The molecule has 96 valence electrons. The Labute approximate surface area is 116 Å². The zero-order valence-corrected chi connectivity index (χ0v) is 11.1. The molecule has 0 radical (unpaired) electrons. The van der Waals surface area contributed by atoms with Gasteiger partial charge in [0.25, 0.3) is 0 Å². The summed E-state index contributed by atoms with van der Waals surface area (Å²) < 4.78 is 5.27. The van der Waals surface area contributed by atoms with E-state index in [9.17, 15) is 4.79 Å². The number of hydrogen-bond acceptors (Lipinski definition) is 2. The Kier molecular flexibility index (Phi) is 3.03. The van der Waals surface area contributed by atoms with E-state index in [0.29, 0.717) is 16.7 Å². The van der Waals surface area contributed by atoms with Crippen LogP contribution in [0.2, 0.25) is 5.02 Å². The van der Waals surface area contributed by atoms with Crippen LogP contribution in [0.4, 0.5) is 0 Å². The molecule has 0 bridgehead atoms. The molecule has 19 heavy (non-hydrogen) atoms. The van der Waals surface area contributed by atoms with Crippen molar-refractivity contribution in [2.45, 2.75) is 18.8 Å². The molecule has 1 aliphatic carbocycles. The van der Waals surface area contributed by atoms with Crippen molar-refractivity contribution in [1.29, 1.82) is 0 Å². The lowest BCUT2D eigenvalue weighted by molar-refractivity contribution is -0.128. The van der Waals surface area contributed by atoms with Crippen LogP contribution in [0.1, 0.15) is 24.3 Å². The van der Waals surface area contributed by atoms with E-state index < -0.39 is 5.97 Å². The van der Waals surface area contributed by atoms with Crippen molar-refractivity contribution in [2.24, 2.45) is 0 Å². The zero-order chi connectivity index (χ0) is 13.4. The lowest BCUT2D eigenvalue weighted by atomic mass is 10.0. The van der Waals surface area contributed by atoms with Gasteiger partial charge in [-0.2, -0.15) is 0 Å². The van der Waals surface area contributed by atoms with Gasteiger partial charge in [0, 0.05) is 11.5 Å². The van der Waals surface area contributed by atoms with E-state index in [1.807, 2.05) is 30.3 Å². The van der Waals surface area contributed by atoms with Crippen molar-refractivity contribution < 1.29 is 9.53 Å². The number of benzene rings is 2. The number of carbonyl (C=O) groups excluding carboxylic acids is 1. The predicted molar refractivity (Wildman–Crippen MR) is 76.8 cm³/mol. The number of ether oxygens (including phenoxy) is 1. The zero-order valence-electron chi connectivity index (χ0n) is 10.4. The molecule has 2 aromatic rings. The highest BCUT2D eigenvalue weighted by Gasteiger charge is 2.27. The fourth-order valence-electron chi connectivity index (χ4n) is 2.32. The number of carbonyl (C=O) groups is 1. The summed E-state index contributed by atoms with van der Waals surface area (Å²) in [6, 6.07) is 9.80. The summed E-state index contributed by atoms with van der Waals surface area (Å²) in [4.78, 5) is 11.4. The number of rotatable bonds is 3. The van der Waals surface area contributed by atoms with Gasteiger partial charge < -0.3 is 4.74 Å². The standard InChI is InChI=1S/C16H13ClO2/c1-2-15(18)19-16-12-6-4-3-5-11(12)13(9-14(16)17)10-7-8-10/h2-6,9-10H,1,7-8H2. The van der Waals surface area contributed by atoms with Gasteiger partial charge in [0.1, 0.15) is 0 Å². The molecule has 0 heterocycles. The summed E-state index contributed by atoms with van der Waals surface area (Å²) in [5.41, 5.74) is 1.25. The molecule has 0 N–H and O–H groups in total. The molecule has 1 fully saturated rings. The number of fused-ring (bicyclic) bond motifs is 1. The molecule has 1 aliphatic rings. The Bertz CT molecular complexity index is 672. The lowest BCUT2D eigenvalue weighted by Crippen LogP contribution is -2.04. The molecule has 0 saturated heterocycles. The average molecular weight is 273 g/mol. The van der Waals surface area contributed by atoms with Gasteiger partial charge in [0.2, 0.25) is 0 Å². The summed E-state index contributed by atoms with van der Waals surface area (Å²) in [5.74, 6) is 0.518. The third-order valence-corrected chi connectivity index (χ3v) is 3.65. The van der Waals surface area contributed by atoms with Gasteiger partial charge >= 0.3 is 5.97 Å². The van der Waals surface area contributed by atoms with Crippen LogP contribution in [0.25, 0.3) is 10.8 Å². The Morgan fingerprint density at radius 2 is 2.00 bits per heavy atom. The number of hydrogen-bond donors (Lipinski definition) is 0. The van der Waals surface area contributed by atoms with Crippen molar-refractivity contribution in [3.8, 4) is 5.75 Å². The van der Waals surface area contributed by atoms with Crippen LogP contribution < -0.4 is 4.74 Å². The largest absolute Gasteiger partial charge is 0.421 e. The maximum atomic E-state index is 11.4. The molecule has 3 rings (SSSR count). The smallest absolute Gasteiger partial charge is 0.335 e. The van der Waals surface area contributed by atoms with Crippen LogP contribution in [0.3, 0.4) is 0 Å². The molecule has 0 unspecified atom stereocenters. The Hall–Kier alpha value is -1.80. The molecular formula is C16H13ClO2. The van der Waals surface area contributed by atoms with E-state index in [1.165, 1.54) is 18.4 Å². The quantitative estimate of drug-likeness (QED) is 0.468. The molecule has 3 heteroatoms. The van der Waals surface area contributed by atoms with Gasteiger partial charge in [-0.25, -0.2) is 4.79 Å². The minimum Gasteiger partial charge on any atom is -0.421 e. The van der Waals surface area contributed by atoms with Crippen LogP contribution in [0, 0.1) is 0 Å². The van der Waals surface area contributed by atoms with Crippen molar-refractivity contribution in [1.82, 2.24) is 0 Å². The Morgan fingerprint density at radius 1 is 1.32 bits per heavy atom. The minimum absolute atomic E-state index is 0.423. The summed E-state index contributed by atoms with van der Waals surface area (Å²) >= 11 is 6.27. The topological polar surface area (TPSA) is 26.3 Å². The van der Waals surface area contributed by atoms with E-state index in [1.54, 1.807) is 0 Å². The molecule has 2 nitrogen and oxygen atoms in total. The molecule has 0 aromatic heterocycles. The first-order chi connectivity index (χ1) is 9.20. The van der Waals surface area contributed by atoms with E-state index in [-0.39, 0.29) is 0 Å². The third-order valence-electron chi connectivity index (χ3n) is 3.37. The van der Waals surface area contributed by atoms with Crippen LogP contribution in [-0.4, -0.2) is 5.97 Å². The van der Waals surface area contributed by atoms with E-state index >= 15 is 0 Å². The van der Waals surface area contributed by atoms with Gasteiger partial charge in [0.15, 0.2) is 5.75 Å². The number of esters is 1. The average Bonchev–Trinajstić information content (AvgIpc) is 3.25.